The minimum atomic E-state index is -0.823. The Labute approximate surface area is 86.2 Å². The van der Waals surface area contributed by atoms with E-state index in [-0.39, 0.29) is 0 Å². The van der Waals surface area contributed by atoms with E-state index in [2.05, 4.69) is 12.2 Å². The van der Waals surface area contributed by atoms with Crippen LogP contribution in [-0.4, -0.2) is 24.2 Å². The Kier molecular flexibility index (Phi) is 8.24. The van der Waals surface area contributed by atoms with Crippen LogP contribution in [0.15, 0.2) is 11.6 Å². The number of hydrogen-bond acceptors (Lipinski definition) is 2. The van der Waals surface area contributed by atoms with E-state index in [0.29, 0.717) is 5.57 Å². The molecule has 0 spiro atoms. The Bertz CT molecular complexity index is 188. The largest absolute Gasteiger partial charge is 0.478 e. The SMILES string of the molecule is CCCCCNCCC=C(C)C(=O)O. The summed E-state index contributed by atoms with van der Waals surface area (Å²) in [5.74, 6) is -0.823. The van der Waals surface area contributed by atoms with Crippen LogP contribution in [0.1, 0.15) is 39.5 Å². The molecule has 0 aromatic rings. The standard InChI is InChI=1S/C11H21NO2/c1-3-4-5-8-12-9-6-7-10(2)11(13)14/h7,12H,3-6,8-9H2,1-2H3,(H,13,14). The molecule has 0 heterocycles. The van der Waals surface area contributed by atoms with Gasteiger partial charge in [0.05, 0.1) is 0 Å². The molecular weight excluding hydrogens is 178 g/mol. The number of aliphatic carboxylic acids is 1. The third-order valence-electron chi connectivity index (χ3n) is 2.07. The number of carboxylic acid groups (broad SMARTS) is 1. The summed E-state index contributed by atoms with van der Waals surface area (Å²) >= 11 is 0. The lowest BCUT2D eigenvalue weighted by molar-refractivity contribution is -0.132. The Morgan fingerprint density at radius 3 is 2.64 bits per heavy atom. The normalized spacial score (nSPS) is 11.7. The number of unbranched alkanes of at least 4 members (excludes halogenated alkanes) is 2. The molecule has 0 aliphatic rings. The highest BCUT2D eigenvalue weighted by Crippen LogP contribution is 1.95. The van der Waals surface area contributed by atoms with Gasteiger partial charge < -0.3 is 10.4 Å². The topological polar surface area (TPSA) is 49.3 Å². The molecule has 0 radical (unpaired) electrons. The van der Waals surface area contributed by atoms with Crippen molar-refractivity contribution in [3.8, 4) is 0 Å². The predicted molar refractivity (Wildman–Crippen MR) is 58.4 cm³/mol. The van der Waals surface area contributed by atoms with Crippen molar-refractivity contribution in [1.29, 1.82) is 0 Å². The Morgan fingerprint density at radius 2 is 2.07 bits per heavy atom. The minimum Gasteiger partial charge on any atom is -0.478 e. The molecule has 0 amide bonds. The van der Waals surface area contributed by atoms with Crippen molar-refractivity contribution in [2.24, 2.45) is 0 Å². The van der Waals surface area contributed by atoms with E-state index in [4.69, 9.17) is 5.11 Å². The molecule has 0 bridgehead atoms. The van der Waals surface area contributed by atoms with Crippen LogP contribution in [0.5, 0.6) is 0 Å². The molecule has 0 saturated carbocycles. The maximum atomic E-state index is 10.4. The van der Waals surface area contributed by atoms with E-state index in [1.54, 1.807) is 13.0 Å². The van der Waals surface area contributed by atoms with Gasteiger partial charge in [0.1, 0.15) is 0 Å². The van der Waals surface area contributed by atoms with Gasteiger partial charge in [-0.3, -0.25) is 0 Å². The van der Waals surface area contributed by atoms with Crippen LogP contribution in [0.2, 0.25) is 0 Å². The molecule has 0 aromatic heterocycles. The molecule has 0 saturated heterocycles. The van der Waals surface area contributed by atoms with Crippen LogP contribution in [0.4, 0.5) is 0 Å². The van der Waals surface area contributed by atoms with Gasteiger partial charge in [0, 0.05) is 5.57 Å². The predicted octanol–water partition coefficient (Wildman–Crippen LogP) is 2.19. The molecule has 0 aliphatic carbocycles. The van der Waals surface area contributed by atoms with Gasteiger partial charge >= 0.3 is 5.97 Å². The van der Waals surface area contributed by atoms with Crippen molar-refractivity contribution in [2.75, 3.05) is 13.1 Å². The zero-order chi connectivity index (χ0) is 10.8. The molecule has 82 valence electrons. The lowest BCUT2D eigenvalue weighted by atomic mass is 10.2. The van der Waals surface area contributed by atoms with Gasteiger partial charge in [0.2, 0.25) is 0 Å². The summed E-state index contributed by atoms with van der Waals surface area (Å²) < 4.78 is 0. The fraction of sp³-hybridized carbons (Fsp3) is 0.727. The van der Waals surface area contributed by atoms with Crippen LogP contribution in [0.3, 0.4) is 0 Å². The molecule has 0 aliphatic heterocycles. The Balaban J connectivity index is 3.29. The average Bonchev–Trinajstić information content (AvgIpc) is 2.16. The zero-order valence-electron chi connectivity index (χ0n) is 9.18. The van der Waals surface area contributed by atoms with Crippen LogP contribution in [-0.2, 0) is 4.79 Å². The van der Waals surface area contributed by atoms with Crippen LogP contribution in [0.25, 0.3) is 0 Å². The maximum absolute atomic E-state index is 10.4. The van der Waals surface area contributed by atoms with Gasteiger partial charge in [-0.15, -0.1) is 0 Å². The van der Waals surface area contributed by atoms with Crippen LogP contribution in [0, 0.1) is 0 Å². The first-order chi connectivity index (χ1) is 6.68. The van der Waals surface area contributed by atoms with E-state index >= 15 is 0 Å². The molecule has 3 heteroatoms. The number of carbonyl (C=O) groups is 1. The lowest BCUT2D eigenvalue weighted by Gasteiger charge is -2.01. The summed E-state index contributed by atoms with van der Waals surface area (Å²) in [7, 11) is 0. The summed E-state index contributed by atoms with van der Waals surface area (Å²) in [6.45, 7) is 5.71. The van der Waals surface area contributed by atoms with Gasteiger partial charge in [0.15, 0.2) is 0 Å². The van der Waals surface area contributed by atoms with Crippen molar-refractivity contribution in [3.63, 3.8) is 0 Å². The van der Waals surface area contributed by atoms with Crippen molar-refractivity contribution in [1.82, 2.24) is 5.32 Å². The molecular formula is C11H21NO2. The summed E-state index contributed by atoms with van der Waals surface area (Å²) in [5, 5.41) is 11.8. The van der Waals surface area contributed by atoms with Gasteiger partial charge in [-0.05, 0) is 32.9 Å². The third-order valence-corrected chi connectivity index (χ3v) is 2.07. The third kappa shape index (κ3) is 7.80. The Hall–Kier alpha value is -0.830. The zero-order valence-corrected chi connectivity index (χ0v) is 9.18. The number of carboxylic acids is 1. The molecule has 0 unspecified atom stereocenters. The summed E-state index contributed by atoms with van der Waals surface area (Å²) in [6, 6.07) is 0. The summed E-state index contributed by atoms with van der Waals surface area (Å²) in [6.07, 6.45) is 6.26. The van der Waals surface area contributed by atoms with Crippen LogP contribution >= 0.6 is 0 Å². The molecule has 14 heavy (non-hydrogen) atoms. The maximum Gasteiger partial charge on any atom is 0.330 e. The summed E-state index contributed by atoms with van der Waals surface area (Å²) in [5.41, 5.74) is 0.431. The Morgan fingerprint density at radius 1 is 1.36 bits per heavy atom. The van der Waals surface area contributed by atoms with E-state index in [0.717, 1.165) is 19.5 Å². The van der Waals surface area contributed by atoms with E-state index in [1.165, 1.54) is 19.3 Å². The first-order valence-corrected chi connectivity index (χ1v) is 5.29. The number of hydrogen-bond donors (Lipinski definition) is 2. The van der Waals surface area contributed by atoms with Crippen molar-refractivity contribution >= 4 is 5.97 Å². The summed E-state index contributed by atoms with van der Waals surface area (Å²) in [4.78, 5) is 10.4. The second kappa shape index (κ2) is 8.75. The van der Waals surface area contributed by atoms with Gasteiger partial charge in [0.25, 0.3) is 0 Å². The second-order valence-electron chi connectivity index (χ2n) is 3.44. The van der Waals surface area contributed by atoms with E-state index in [1.807, 2.05) is 0 Å². The first-order valence-electron chi connectivity index (χ1n) is 5.29. The average molecular weight is 199 g/mol. The first kappa shape index (κ1) is 13.2. The van der Waals surface area contributed by atoms with E-state index in [9.17, 15) is 4.79 Å². The molecule has 0 fully saturated rings. The second-order valence-corrected chi connectivity index (χ2v) is 3.44. The minimum absolute atomic E-state index is 0.431. The molecule has 3 nitrogen and oxygen atoms in total. The van der Waals surface area contributed by atoms with Gasteiger partial charge in [-0.1, -0.05) is 25.8 Å². The smallest absolute Gasteiger partial charge is 0.330 e. The molecule has 0 aromatic carbocycles. The van der Waals surface area contributed by atoms with Gasteiger partial charge in [-0.25, -0.2) is 4.79 Å². The quantitative estimate of drug-likeness (QED) is 0.465. The van der Waals surface area contributed by atoms with E-state index < -0.39 is 5.97 Å². The lowest BCUT2D eigenvalue weighted by Crippen LogP contribution is -2.16. The molecule has 2 N–H and O–H groups in total. The highest BCUT2D eigenvalue weighted by Gasteiger charge is 1.97. The van der Waals surface area contributed by atoms with Crippen molar-refractivity contribution in [2.45, 2.75) is 39.5 Å². The van der Waals surface area contributed by atoms with Crippen LogP contribution < -0.4 is 5.32 Å². The fourth-order valence-corrected chi connectivity index (χ4v) is 1.10. The number of rotatable bonds is 8. The monoisotopic (exact) mass is 199 g/mol. The highest BCUT2D eigenvalue weighted by molar-refractivity contribution is 5.85. The number of nitrogens with one attached hydrogen (secondary N) is 1. The molecule has 0 atom stereocenters. The molecule has 0 rings (SSSR count). The van der Waals surface area contributed by atoms with Crippen molar-refractivity contribution in [3.05, 3.63) is 11.6 Å². The highest BCUT2D eigenvalue weighted by atomic mass is 16.4. The van der Waals surface area contributed by atoms with Gasteiger partial charge in [-0.2, -0.15) is 0 Å². The van der Waals surface area contributed by atoms with Crippen molar-refractivity contribution < 1.29 is 9.90 Å². The fourth-order valence-electron chi connectivity index (χ4n) is 1.10.